The smallest absolute Gasteiger partial charge is 0.145 e. The summed E-state index contributed by atoms with van der Waals surface area (Å²) in [7, 11) is 0. The van der Waals surface area contributed by atoms with Crippen molar-refractivity contribution >= 4 is 11.6 Å². The zero-order chi connectivity index (χ0) is 12.4. The van der Waals surface area contributed by atoms with E-state index in [9.17, 15) is 0 Å². The van der Waals surface area contributed by atoms with Gasteiger partial charge in [-0.15, -0.1) is 0 Å². The molecule has 0 radical (unpaired) electrons. The first-order valence-corrected chi connectivity index (χ1v) is 5.97. The van der Waals surface area contributed by atoms with Crippen LogP contribution >= 0.6 is 0 Å². The summed E-state index contributed by atoms with van der Waals surface area (Å²) in [4.78, 5) is 8.15. The molecule has 1 fully saturated rings. The molecule has 1 aromatic heterocycles. The lowest BCUT2D eigenvalue weighted by atomic mass is 10.1. The Bertz CT molecular complexity index is 528. The summed E-state index contributed by atoms with van der Waals surface area (Å²) in [5.41, 5.74) is 3.89. The maximum Gasteiger partial charge on any atom is 0.145 e. The molecule has 18 heavy (non-hydrogen) atoms. The minimum absolute atomic E-state index is 0.452. The van der Waals surface area contributed by atoms with Gasteiger partial charge in [0.2, 0.25) is 0 Å². The molecule has 2 unspecified atom stereocenters. The first-order chi connectivity index (χ1) is 8.86. The first kappa shape index (κ1) is 11.0. The number of anilines is 2. The fourth-order valence-corrected chi connectivity index (χ4v) is 2.13. The van der Waals surface area contributed by atoms with Crippen molar-refractivity contribution in [2.24, 2.45) is 5.84 Å². The Labute approximate surface area is 105 Å². The van der Waals surface area contributed by atoms with Crippen LogP contribution in [0.25, 0.3) is 0 Å². The summed E-state index contributed by atoms with van der Waals surface area (Å²) < 4.78 is 0. The Morgan fingerprint density at radius 3 is 2.67 bits per heavy atom. The molecular weight excluding hydrogens is 226 g/mol. The molecular formula is C13H15N5. The Morgan fingerprint density at radius 1 is 1.11 bits per heavy atom. The van der Waals surface area contributed by atoms with Gasteiger partial charge in [0.1, 0.15) is 18.0 Å². The van der Waals surface area contributed by atoms with Crippen LogP contribution in [0.1, 0.15) is 17.9 Å². The van der Waals surface area contributed by atoms with Gasteiger partial charge >= 0.3 is 0 Å². The first-order valence-electron chi connectivity index (χ1n) is 5.97. The molecule has 0 saturated heterocycles. The lowest BCUT2D eigenvalue weighted by Crippen LogP contribution is -2.11. The average Bonchev–Trinajstić information content (AvgIpc) is 3.19. The predicted molar refractivity (Wildman–Crippen MR) is 71.1 cm³/mol. The second-order valence-corrected chi connectivity index (χ2v) is 4.44. The van der Waals surface area contributed by atoms with Crippen molar-refractivity contribution in [2.45, 2.75) is 18.4 Å². The van der Waals surface area contributed by atoms with Gasteiger partial charge in [-0.2, -0.15) is 0 Å². The lowest BCUT2D eigenvalue weighted by Gasteiger charge is -2.06. The Morgan fingerprint density at radius 2 is 1.89 bits per heavy atom. The molecule has 92 valence electrons. The number of hydrogen-bond donors (Lipinski definition) is 3. The summed E-state index contributed by atoms with van der Waals surface area (Å²) in [5, 5.41) is 3.39. The molecule has 1 heterocycles. The molecule has 2 atom stereocenters. The van der Waals surface area contributed by atoms with Gasteiger partial charge in [0, 0.05) is 18.0 Å². The van der Waals surface area contributed by atoms with Crippen molar-refractivity contribution in [1.82, 2.24) is 9.97 Å². The second kappa shape index (κ2) is 4.62. The number of nitrogen functional groups attached to an aromatic ring is 1. The van der Waals surface area contributed by atoms with Crippen molar-refractivity contribution in [2.75, 3.05) is 10.7 Å². The highest BCUT2D eigenvalue weighted by molar-refractivity contribution is 5.48. The normalized spacial score (nSPS) is 21.4. The van der Waals surface area contributed by atoms with E-state index in [1.165, 1.54) is 11.9 Å². The van der Waals surface area contributed by atoms with E-state index in [-0.39, 0.29) is 0 Å². The van der Waals surface area contributed by atoms with Crippen molar-refractivity contribution in [3.8, 4) is 0 Å². The standard InChI is InChI=1S/C13H15N5/c14-18-13-7-12(15-8-16-13)17-11-6-10(11)9-4-2-1-3-5-9/h1-5,7-8,10-11H,6,14H2,(H2,15,16,17,18). The molecule has 3 rings (SSSR count). The van der Waals surface area contributed by atoms with Crippen LogP contribution in [0.2, 0.25) is 0 Å². The van der Waals surface area contributed by atoms with E-state index in [2.05, 4.69) is 45.0 Å². The third kappa shape index (κ3) is 2.26. The number of hydrogen-bond acceptors (Lipinski definition) is 5. The molecule has 2 aromatic rings. The van der Waals surface area contributed by atoms with Crippen LogP contribution in [-0.2, 0) is 0 Å². The van der Waals surface area contributed by atoms with Crippen LogP contribution in [-0.4, -0.2) is 16.0 Å². The number of hydrazine groups is 1. The third-order valence-corrected chi connectivity index (χ3v) is 3.17. The number of nitrogens with zero attached hydrogens (tertiary/aromatic N) is 2. The SMILES string of the molecule is NNc1cc(NC2CC2c2ccccc2)ncn1. The maximum atomic E-state index is 5.32. The van der Waals surface area contributed by atoms with E-state index in [0.717, 1.165) is 12.2 Å². The van der Waals surface area contributed by atoms with Crippen LogP contribution in [0.3, 0.4) is 0 Å². The van der Waals surface area contributed by atoms with E-state index in [1.54, 1.807) is 6.07 Å². The molecule has 0 bridgehead atoms. The van der Waals surface area contributed by atoms with E-state index in [0.29, 0.717) is 17.8 Å². The molecule has 5 nitrogen and oxygen atoms in total. The quantitative estimate of drug-likeness (QED) is 0.561. The monoisotopic (exact) mass is 241 g/mol. The highest BCUT2D eigenvalue weighted by Crippen LogP contribution is 2.42. The second-order valence-electron chi connectivity index (χ2n) is 4.44. The summed E-state index contributed by atoms with van der Waals surface area (Å²) >= 11 is 0. The van der Waals surface area contributed by atoms with E-state index < -0.39 is 0 Å². The number of nitrogens with two attached hydrogens (primary N) is 1. The van der Waals surface area contributed by atoms with Crippen molar-refractivity contribution in [3.05, 3.63) is 48.3 Å². The third-order valence-electron chi connectivity index (χ3n) is 3.17. The lowest BCUT2D eigenvalue weighted by molar-refractivity contribution is 1.02. The zero-order valence-electron chi connectivity index (χ0n) is 9.88. The van der Waals surface area contributed by atoms with Crippen molar-refractivity contribution in [3.63, 3.8) is 0 Å². The van der Waals surface area contributed by atoms with Crippen LogP contribution < -0.4 is 16.6 Å². The minimum atomic E-state index is 0.452. The molecule has 1 aromatic carbocycles. The van der Waals surface area contributed by atoms with Crippen LogP contribution in [0, 0.1) is 0 Å². The number of benzene rings is 1. The zero-order valence-corrected chi connectivity index (χ0v) is 9.88. The topological polar surface area (TPSA) is 75.9 Å². The van der Waals surface area contributed by atoms with Crippen molar-refractivity contribution < 1.29 is 0 Å². The molecule has 0 spiro atoms. The Hall–Kier alpha value is -2.14. The van der Waals surface area contributed by atoms with Gasteiger partial charge in [-0.1, -0.05) is 30.3 Å². The molecule has 0 aliphatic heterocycles. The van der Waals surface area contributed by atoms with E-state index in [1.807, 2.05) is 6.07 Å². The Balaban J connectivity index is 1.65. The van der Waals surface area contributed by atoms with Gasteiger partial charge in [0.05, 0.1) is 0 Å². The molecule has 4 N–H and O–H groups in total. The van der Waals surface area contributed by atoms with Crippen LogP contribution in [0.5, 0.6) is 0 Å². The number of rotatable bonds is 4. The van der Waals surface area contributed by atoms with Crippen LogP contribution in [0.15, 0.2) is 42.7 Å². The molecule has 1 saturated carbocycles. The minimum Gasteiger partial charge on any atom is -0.367 e. The summed E-state index contributed by atoms with van der Waals surface area (Å²) in [6, 6.07) is 12.8. The van der Waals surface area contributed by atoms with Gasteiger partial charge in [0.25, 0.3) is 0 Å². The van der Waals surface area contributed by atoms with Gasteiger partial charge in [0.15, 0.2) is 0 Å². The summed E-state index contributed by atoms with van der Waals surface area (Å²) in [5.74, 6) is 7.32. The van der Waals surface area contributed by atoms with Gasteiger partial charge < -0.3 is 10.7 Å². The predicted octanol–water partition coefficient (Wildman–Crippen LogP) is 1.73. The van der Waals surface area contributed by atoms with Crippen LogP contribution in [0.4, 0.5) is 11.6 Å². The van der Waals surface area contributed by atoms with Gasteiger partial charge in [-0.25, -0.2) is 15.8 Å². The van der Waals surface area contributed by atoms with Gasteiger partial charge in [-0.05, 0) is 12.0 Å². The molecule has 1 aliphatic carbocycles. The fraction of sp³-hybridized carbons (Fsp3) is 0.231. The number of nitrogens with one attached hydrogen (secondary N) is 2. The average molecular weight is 241 g/mol. The molecule has 5 heteroatoms. The molecule has 0 amide bonds. The van der Waals surface area contributed by atoms with E-state index in [4.69, 9.17) is 5.84 Å². The molecule has 1 aliphatic rings. The summed E-state index contributed by atoms with van der Waals surface area (Å²) in [6.45, 7) is 0. The van der Waals surface area contributed by atoms with E-state index >= 15 is 0 Å². The highest BCUT2D eigenvalue weighted by Gasteiger charge is 2.38. The Kier molecular flexibility index (Phi) is 2.82. The maximum absolute atomic E-state index is 5.32. The largest absolute Gasteiger partial charge is 0.367 e. The van der Waals surface area contributed by atoms with Gasteiger partial charge in [-0.3, -0.25) is 0 Å². The number of aromatic nitrogens is 2. The van der Waals surface area contributed by atoms with Crippen molar-refractivity contribution in [1.29, 1.82) is 0 Å². The fourth-order valence-electron chi connectivity index (χ4n) is 2.13. The summed E-state index contributed by atoms with van der Waals surface area (Å²) in [6.07, 6.45) is 2.64. The highest BCUT2D eigenvalue weighted by atomic mass is 15.3.